The summed E-state index contributed by atoms with van der Waals surface area (Å²) in [4.78, 5) is 16.3. The first kappa shape index (κ1) is 14.7. The Hall–Kier alpha value is -1.40. The van der Waals surface area contributed by atoms with E-state index in [-0.39, 0.29) is 29.2 Å². The number of aliphatic hydroxyl groups excluding tert-OH is 1. The standard InChI is InChI=1S/C11H16ClN3O3/c1-8(2)14(4-3-5-16)11-10(15(17)18)6-9(12)7-13-11/h6-8,16H,3-5H2,1-2H3. The molecule has 0 radical (unpaired) electrons. The van der Waals surface area contributed by atoms with E-state index in [1.54, 1.807) is 4.90 Å². The van der Waals surface area contributed by atoms with E-state index in [0.29, 0.717) is 13.0 Å². The lowest BCUT2D eigenvalue weighted by atomic mass is 10.2. The van der Waals surface area contributed by atoms with E-state index >= 15 is 0 Å². The van der Waals surface area contributed by atoms with Crippen LogP contribution in [0.3, 0.4) is 0 Å². The number of pyridine rings is 1. The minimum Gasteiger partial charge on any atom is -0.396 e. The molecular weight excluding hydrogens is 258 g/mol. The van der Waals surface area contributed by atoms with Gasteiger partial charge in [0.15, 0.2) is 0 Å². The largest absolute Gasteiger partial charge is 0.396 e. The number of nitrogens with zero attached hydrogens (tertiary/aromatic N) is 3. The molecule has 0 saturated carbocycles. The molecule has 0 aliphatic heterocycles. The van der Waals surface area contributed by atoms with Gasteiger partial charge < -0.3 is 10.0 Å². The van der Waals surface area contributed by atoms with Gasteiger partial charge in [-0.1, -0.05) is 11.6 Å². The van der Waals surface area contributed by atoms with E-state index < -0.39 is 4.92 Å². The Morgan fingerprint density at radius 3 is 2.78 bits per heavy atom. The zero-order valence-corrected chi connectivity index (χ0v) is 11.1. The van der Waals surface area contributed by atoms with Gasteiger partial charge in [-0.25, -0.2) is 4.98 Å². The van der Waals surface area contributed by atoms with Crippen LogP contribution in [0.15, 0.2) is 12.3 Å². The van der Waals surface area contributed by atoms with Crippen molar-refractivity contribution < 1.29 is 10.0 Å². The van der Waals surface area contributed by atoms with E-state index in [0.717, 1.165) is 0 Å². The number of hydrogen-bond donors (Lipinski definition) is 1. The van der Waals surface area contributed by atoms with Crippen LogP contribution in [0.25, 0.3) is 0 Å². The van der Waals surface area contributed by atoms with Crippen LogP contribution in [0.4, 0.5) is 11.5 Å². The number of nitro groups is 1. The number of hydrogen-bond acceptors (Lipinski definition) is 5. The predicted molar refractivity (Wildman–Crippen MR) is 70.1 cm³/mol. The molecule has 6 nitrogen and oxygen atoms in total. The van der Waals surface area contributed by atoms with Crippen LogP contribution in [-0.2, 0) is 0 Å². The highest BCUT2D eigenvalue weighted by Crippen LogP contribution is 2.29. The van der Waals surface area contributed by atoms with Gasteiger partial charge in [0.25, 0.3) is 0 Å². The summed E-state index contributed by atoms with van der Waals surface area (Å²) in [5.41, 5.74) is -0.117. The molecule has 100 valence electrons. The van der Waals surface area contributed by atoms with Gasteiger partial charge in [0.05, 0.1) is 9.95 Å². The Kier molecular flexibility index (Phi) is 5.30. The van der Waals surface area contributed by atoms with Gasteiger partial charge in [-0.05, 0) is 20.3 Å². The third-order valence-electron chi connectivity index (χ3n) is 2.46. The van der Waals surface area contributed by atoms with Crippen LogP contribution in [0, 0.1) is 10.1 Å². The molecule has 0 amide bonds. The minimum absolute atomic E-state index is 0.0323. The van der Waals surface area contributed by atoms with Crippen molar-refractivity contribution in [2.75, 3.05) is 18.1 Å². The Morgan fingerprint density at radius 1 is 1.61 bits per heavy atom. The van der Waals surface area contributed by atoms with Crippen LogP contribution in [-0.4, -0.2) is 34.2 Å². The smallest absolute Gasteiger partial charge is 0.313 e. The third-order valence-corrected chi connectivity index (χ3v) is 2.67. The maximum absolute atomic E-state index is 11.0. The molecule has 1 aromatic heterocycles. The number of aliphatic hydroxyl groups is 1. The summed E-state index contributed by atoms with van der Waals surface area (Å²) in [6.07, 6.45) is 1.91. The third kappa shape index (κ3) is 3.54. The van der Waals surface area contributed by atoms with Crippen molar-refractivity contribution in [2.45, 2.75) is 26.3 Å². The number of aromatic nitrogens is 1. The first-order valence-corrected chi connectivity index (χ1v) is 6.02. The van der Waals surface area contributed by atoms with Crippen LogP contribution in [0.1, 0.15) is 20.3 Å². The summed E-state index contributed by atoms with van der Waals surface area (Å²) in [5, 5.41) is 20.1. The van der Waals surface area contributed by atoms with Gasteiger partial charge >= 0.3 is 5.69 Å². The van der Waals surface area contributed by atoms with Crippen LogP contribution in [0.5, 0.6) is 0 Å². The SMILES string of the molecule is CC(C)N(CCCO)c1ncc(Cl)cc1[N+](=O)[O-]. The van der Waals surface area contributed by atoms with Gasteiger partial charge in [0.2, 0.25) is 5.82 Å². The second kappa shape index (κ2) is 6.51. The molecule has 0 spiro atoms. The van der Waals surface area contributed by atoms with E-state index in [1.165, 1.54) is 12.3 Å². The fourth-order valence-corrected chi connectivity index (χ4v) is 1.78. The van der Waals surface area contributed by atoms with E-state index in [4.69, 9.17) is 16.7 Å². The Morgan fingerprint density at radius 2 is 2.28 bits per heavy atom. The molecule has 0 aliphatic rings. The highest BCUT2D eigenvalue weighted by molar-refractivity contribution is 6.30. The van der Waals surface area contributed by atoms with Crippen molar-refractivity contribution in [3.63, 3.8) is 0 Å². The summed E-state index contributed by atoms with van der Waals surface area (Å²) in [6, 6.07) is 1.34. The fraction of sp³-hybridized carbons (Fsp3) is 0.545. The second-order valence-corrected chi connectivity index (χ2v) is 4.55. The summed E-state index contributed by atoms with van der Waals surface area (Å²) in [6.45, 7) is 4.36. The molecule has 18 heavy (non-hydrogen) atoms. The Labute approximate surface area is 110 Å². The molecule has 0 bridgehead atoms. The molecule has 1 N–H and O–H groups in total. The summed E-state index contributed by atoms with van der Waals surface area (Å²) >= 11 is 5.72. The molecular formula is C11H16ClN3O3. The zero-order chi connectivity index (χ0) is 13.7. The molecule has 0 fully saturated rings. The van der Waals surface area contributed by atoms with Crippen molar-refractivity contribution in [2.24, 2.45) is 0 Å². The van der Waals surface area contributed by atoms with E-state index in [9.17, 15) is 10.1 Å². The molecule has 1 rings (SSSR count). The van der Waals surface area contributed by atoms with Crippen molar-refractivity contribution in [1.82, 2.24) is 4.98 Å². The molecule has 0 unspecified atom stereocenters. The topological polar surface area (TPSA) is 79.5 Å². The van der Waals surface area contributed by atoms with Crippen LogP contribution >= 0.6 is 11.6 Å². The molecule has 0 atom stereocenters. The normalized spacial score (nSPS) is 10.7. The number of halogens is 1. The summed E-state index contributed by atoms with van der Waals surface area (Å²) in [7, 11) is 0. The second-order valence-electron chi connectivity index (χ2n) is 4.12. The van der Waals surface area contributed by atoms with Gasteiger partial charge in [0, 0.05) is 31.5 Å². The minimum atomic E-state index is -0.497. The van der Waals surface area contributed by atoms with Crippen molar-refractivity contribution in [3.05, 3.63) is 27.4 Å². The van der Waals surface area contributed by atoms with Gasteiger partial charge in [0.1, 0.15) is 0 Å². The lowest BCUT2D eigenvalue weighted by molar-refractivity contribution is -0.384. The zero-order valence-electron chi connectivity index (χ0n) is 10.3. The van der Waals surface area contributed by atoms with Crippen LogP contribution < -0.4 is 4.90 Å². The number of anilines is 1. The molecule has 1 heterocycles. The maximum atomic E-state index is 11.0. The Balaban J connectivity index is 3.14. The molecule has 0 aliphatic carbocycles. The van der Waals surface area contributed by atoms with Gasteiger partial charge in [-0.15, -0.1) is 0 Å². The molecule has 0 saturated heterocycles. The lowest BCUT2D eigenvalue weighted by Gasteiger charge is -2.27. The highest BCUT2D eigenvalue weighted by atomic mass is 35.5. The quantitative estimate of drug-likeness (QED) is 0.635. The van der Waals surface area contributed by atoms with E-state index in [1.807, 2.05) is 13.8 Å². The van der Waals surface area contributed by atoms with Crippen molar-refractivity contribution in [3.8, 4) is 0 Å². The van der Waals surface area contributed by atoms with Gasteiger partial charge in [-0.3, -0.25) is 10.1 Å². The molecule has 0 aromatic carbocycles. The highest BCUT2D eigenvalue weighted by Gasteiger charge is 2.23. The predicted octanol–water partition coefficient (Wildman–Crippen LogP) is 2.24. The summed E-state index contributed by atoms with van der Waals surface area (Å²) in [5.74, 6) is 0.285. The van der Waals surface area contributed by atoms with Gasteiger partial charge in [-0.2, -0.15) is 0 Å². The average Bonchev–Trinajstić information content (AvgIpc) is 2.30. The monoisotopic (exact) mass is 273 g/mol. The first-order chi connectivity index (χ1) is 8.47. The molecule has 7 heteroatoms. The van der Waals surface area contributed by atoms with Crippen molar-refractivity contribution >= 4 is 23.1 Å². The molecule has 1 aromatic rings. The number of rotatable bonds is 6. The van der Waals surface area contributed by atoms with E-state index in [2.05, 4.69) is 4.98 Å². The average molecular weight is 274 g/mol. The summed E-state index contributed by atoms with van der Waals surface area (Å²) < 4.78 is 0. The first-order valence-electron chi connectivity index (χ1n) is 5.64. The Bertz CT molecular complexity index is 426. The van der Waals surface area contributed by atoms with Crippen LogP contribution in [0.2, 0.25) is 5.02 Å². The fourth-order valence-electron chi connectivity index (χ4n) is 1.63. The lowest BCUT2D eigenvalue weighted by Crippen LogP contribution is -2.33. The van der Waals surface area contributed by atoms with Crippen molar-refractivity contribution in [1.29, 1.82) is 0 Å². The maximum Gasteiger partial charge on any atom is 0.313 e.